The monoisotopic (exact) mass is 314 g/mol. The highest BCUT2D eigenvalue weighted by molar-refractivity contribution is 6.03. The molecule has 5 nitrogen and oxygen atoms in total. The number of hydrogen-bond acceptors (Lipinski definition) is 3. The Morgan fingerprint density at radius 1 is 1.30 bits per heavy atom. The Balaban J connectivity index is 1.61. The molecule has 0 aromatic heterocycles. The molecule has 0 saturated carbocycles. The van der Waals surface area contributed by atoms with E-state index in [1.165, 1.54) is 18.2 Å². The number of ether oxygens (including phenoxy) is 1. The maximum Gasteiger partial charge on any atom is 0.262 e. The fraction of sp³-hybridized carbons (Fsp3) is 0.176. The average molecular weight is 314 g/mol. The van der Waals surface area contributed by atoms with Gasteiger partial charge in [0.1, 0.15) is 11.6 Å². The molecule has 1 aliphatic heterocycles. The fourth-order valence-electron chi connectivity index (χ4n) is 2.40. The average Bonchev–Trinajstić information content (AvgIpc) is 2.80. The van der Waals surface area contributed by atoms with Crippen molar-refractivity contribution in [3.63, 3.8) is 0 Å². The molecule has 0 spiro atoms. The molecule has 3 rings (SSSR count). The predicted octanol–water partition coefficient (Wildman–Crippen LogP) is 2.90. The first kappa shape index (κ1) is 15.0. The molecule has 1 heterocycles. The van der Waals surface area contributed by atoms with Gasteiger partial charge in [-0.05, 0) is 42.8 Å². The number of carbonyl (C=O) groups is 2. The summed E-state index contributed by atoms with van der Waals surface area (Å²) in [6.45, 7) is 1.58. The van der Waals surface area contributed by atoms with Gasteiger partial charge in [0.25, 0.3) is 5.91 Å². The van der Waals surface area contributed by atoms with Gasteiger partial charge in [0.2, 0.25) is 5.91 Å². The molecule has 0 radical (unpaired) electrons. The van der Waals surface area contributed by atoms with Crippen molar-refractivity contribution in [3.05, 3.63) is 53.8 Å². The quantitative estimate of drug-likeness (QED) is 0.912. The molecule has 2 amide bonds. The van der Waals surface area contributed by atoms with E-state index in [0.717, 1.165) is 11.3 Å². The minimum atomic E-state index is -0.423. The van der Waals surface area contributed by atoms with Crippen LogP contribution in [-0.4, -0.2) is 18.4 Å². The van der Waals surface area contributed by atoms with Crippen LogP contribution in [0.3, 0.4) is 0 Å². The molecule has 6 heteroatoms. The number of rotatable bonds is 4. The normalized spacial score (nSPS) is 15.7. The van der Waals surface area contributed by atoms with Crippen molar-refractivity contribution < 1.29 is 18.7 Å². The van der Waals surface area contributed by atoms with Gasteiger partial charge in [-0.1, -0.05) is 6.07 Å². The summed E-state index contributed by atoms with van der Waals surface area (Å²) >= 11 is 0. The van der Waals surface area contributed by atoms with Gasteiger partial charge in [-0.3, -0.25) is 9.59 Å². The van der Waals surface area contributed by atoms with Crippen LogP contribution in [-0.2, 0) is 9.59 Å². The Bertz CT molecular complexity index is 776. The van der Waals surface area contributed by atoms with E-state index < -0.39 is 5.82 Å². The van der Waals surface area contributed by atoms with Crippen LogP contribution in [0.4, 0.5) is 15.8 Å². The van der Waals surface area contributed by atoms with Crippen molar-refractivity contribution in [2.24, 2.45) is 0 Å². The zero-order chi connectivity index (χ0) is 16.4. The van der Waals surface area contributed by atoms with Crippen LogP contribution in [0.15, 0.2) is 42.5 Å². The van der Waals surface area contributed by atoms with E-state index in [1.807, 2.05) is 0 Å². The highest BCUT2D eigenvalue weighted by atomic mass is 19.1. The summed E-state index contributed by atoms with van der Waals surface area (Å²) in [4.78, 5) is 23.5. The van der Waals surface area contributed by atoms with Crippen LogP contribution in [0.5, 0.6) is 5.75 Å². The Morgan fingerprint density at radius 2 is 2.13 bits per heavy atom. The number of amides is 2. The zero-order valence-electron chi connectivity index (χ0n) is 12.4. The number of hydrogen-bond donors (Lipinski definition) is 2. The maximum atomic E-state index is 13.0. The van der Waals surface area contributed by atoms with Gasteiger partial charge in [0.05, 0.1) is 5.92 Å². The number of carbonyl (C=O) groups excluding carboxylic acids is 2. The molecule has 2 N–H and O–H groups in total. The third-order valence-electron chi connectivity index (χ3n) is 3.62. The number of halogens is 1. The summed E-state index contributed by atoms with van der Waals surface area (Å²) < 4.78 is 18.3. The first-order valence-corrected chi connectivity index (χ1v) is 7.16. The fourth-order valence-corrected chi connectivity index (χ4v) is 2.40. The number of anilines is 2. The summed E-state index contributed by atoms with van der Waals surface area (Å²) in [5, 5.41) is 5.46. The second-order valence-corrected chi connectivity index (χ2v) is 5.31. The maximum absolute atomic E-state index is 13.0. The van der Waals surface area contributed by atoms with E-state index in [0.29, 0.717) is 5.69 Å². The molecule has 2 aromatic carbocycles. The molecular formula is C17H15FN2O3. The predicted molar refractivity (Wildman–Crippen MR) is 84.0 cm³/mol. The summed E-state index contributed by atoms with van der Waals surface area (Å²) in [5.41, 5.74) is 2.19. The topological polar surface area (TPSA) is 67.4 Å². The molecule has 1 aliphatic rings. The highest BCUT2D eigenvalue weighted by Gasteiger charge is 2.26. The van der Waals surface area contributed by atoms with Crippen LogP contribution in [0, 0.1) is 5.82 Å². The van der Waals surface area contributed by atoms with Gasteiger partial charge in [-0.25, -0.2) is 4.39 Å². The van der Waals surface area contributed by atoms with Gasteiger partial charge >= 0.3 is 0 Å². The number of benzene rings is 2. The van der Waals surface area contributed by atoms with E-state index in [9.17, 15) is 14.0 Å². The van der Waals surface area contributed by atoms with Crippen molar-refractivity contribution in [2.75, 3.05) is 17.2 Å². The van der Waals surface area contributed by atoms with Crippen molar-refractivity contribution in [2.45, 2.75) is 12.8 Å². The third kappa shape index (κ3) is 3.31. The van der Waals surface area contributed by atoms with Crippen molar-refractivity contribution >= 4 is 23.2 Å². The van der Waals surface area contributed by atoms with E-state index in [1.54, 1.807) is 31.2 Å². The van der Waals surface area contributed by atoms with Crippen molar-refractivity contribution in [1.82, 2.24) is 0 Å². The molecule has 2 aromatic rings. The van der Waals surface area contributed by atoms with E-state index in [-0.39, 0.29) is 30.1 Å². The molecule has 1 unspecified atom stereocenters. The van der Waals surface area contributed by atoms with Crippen LogP contribution >= 0.6 is 0 Å². The zero-order valence-corrected chi connectivity index (χ0v) is 12.4. The molecule has 0 bridgehead atoms. The first-order chi connectivity index (χ1) is 11.0. The molecule has 0 saturated heterocycles. The van der Waals surface area contributed by atoms with Crippen LogP contribution < -0.4 is 15.4 Å². The smallest absolute Gasteiger partial charge is 0.262 e. The molecule has 23 heavy (non-hydrogen) atoms. The Hall–Kier alpha value is -2.89. The highest BCUT2D eigenvalue weighted by Crippen LogP contribution is 2.33. The second kappa shape index (κ2) is 6.08. The standard InChI is InChI=1S/C17H15FN2O3/c1-10-14-8-12(5-6-15(14)20-17(10)22)19-16(21)9-23-13-4-2-3-11(18)7-13/h2-8,10H,9H2,1H3,(H,19,21)(H,20,22). The Morgan fingerprint density at radius 3 is 2.91 bits per heavy atom. The van der Waals surface area contributed by atoms with Crippen LogP contribution in [0.1, 0.15) is 18.4 Å². The number of nitrogens with one attached hydrogen (secondary N) is 2. The van der Waals surface area contributed by atoms with Gasteiger partial charge in [-0.2, -0.15) is 0 Å². The minimum absolute atomic E-state index is 0.0575. The summed E-state index contributed by atoms with van der Waals surface area (Å²) in [6, 6.07) is 10.8. The van der Waals surface area contributed by atoms with Gasteiger partial charge in [0.15, 0.2) is 6.61 Å². The molecular weight excluding hydrogens is 299 g/mol. The second-order valence-electron chi connectivity index (χ2n) is 5.31. The Labute approximate surface area is 132 Å². The minimum Gasteiger partial charge on any atom is -0.484 e. The van der Waals surface area contributed by atoms with Crippen molar-refractivity contribution in [3.8, 4) is 5.75 Å². The van der Waals surface area contributed by atoms with E-state index >= 15 is 0 Å². The van der Waals surface area contributed by atoms with Gasteiger partial charge < -0.3 is 15.4 Å². The molecule has 118 valence electrons. The lowest BCUT2D eigenvalue weighted by Gasteiger charge is -2.09. The molecule has 0 fully saturated rings. The van der Waals surface area contributed by atoms with E-state index in [2.05, 4.69) is 10.6 Å². The third-order valence-corrected chi connectivity index (χ3v) is 3.62. The lowest BCUT2D eigenvalue weighted by molar-refractivity contribution is -0.118. The molecule has 0 aliphatic carbocycles. The largest absolute Gasteiger partial charge is 0.484 e. The lowest BCUT2D eigenvalue weighted by atomic mass is 10.0. The lowest BCUT2D eigenvalue weighted by Crippen LogP contribution is -2.20. The van der Waals surface area contributed by atoms with Crippen LogP contribution in [0.2, 0.25) is 0 Å². The molecule has 1 atom stereocenters. The van der Waals surface area contributed by atoms with Gasteiger partial charge in [0, 0.05) is 17.4 Å². The number of fused-ring (bicyclic) bond motifs is 1. The SMILES string of the molecule is CC1C(=O)Nc2ccc(NC(=O)COc3cccc(F)c3)cc21. The Kier molecular flexibility index (Phi) is 3.97. The summed E-state index contributed by atoms with van der Waals surface area (Å²) in [7, 11) is 0. The van der Waals surface area contributed by atoms with E-state index in [4.69, 9.17) is 4.74 Å². The summed E-state index contributed by atoms with van der Waals surface area (Å²) in [6.07, 6.45) is 0. The first-order valence-electron chi connectivity index (χ1n) is 7.16. The van der Waals surface area contributed by atoms with Crippen LogP contribution in [0.25, 0.3) is 0 Å². The summed E-state index contributed by atoms with van der Waals surface area (Å²) in [5.74, 6) is -0.798. The van der Waals surface area contributed by atoms with Crippen molar-refractivity contribution in [1.29, 1.82) is 0 Å². The van der Waals surface area contributed by atoms with Gasteiger partial charge in [-0.15, -0.1) is 0 Å².